The minimum atomic E-state index is -0.395. The summed E-state index contributed by atoms with van der Waals surface area (Å²) in [4.78, 5) is 12.5. The number of nitro groups is 1. The van der Waals surface area contributed by atoms with Crippen molar-refractivity contribution in [3.8, 4) is 16.9 Å². The van der Waals surface area contributed by atoms with E-state index in [1.54, 1.807) is 12.1 Å². The molecule has 7 heteroatoms. The van der Waals surface area contributed by atoms with E-state index in [-0.39, 0.29) is 5.69 Å². The quantitative estimate of drug-likeness (QED) is 0.378. The summed E-state index contributed by atoms with van der Waals surface area (Å²) < 4.78 is 2.74. The summed E-state index contributed by atoms with van der Waals surface area (Å²) in [5, 5.41) is 11.9. The first-order valence-corrected chi connectivity index (χ1v) is 8.45. The van der Waals surface area contributed by atoms with Crippen molar-refractivity contribution in [3.63, 3.8) is 0 Å². The minimum Gasteiger partial charge on any atom is -0.368 e. The Morgan fingerprint density at radius 3 is 2.25 bits per heavy atom. The Kier molecular flexibility index (Phi) is 4.46. The Balaban J connectivity index is 2.25. The maximum absolute atomic E-state index is 10.9. The van der Waals surface area contributed by atoms with Crippen LogP contribution in [0.3, 0.4) is 0 Å². The van der Waals surface area contributed by atoms with Crippen LogP contribution in [0.5, 0.6) is 0 Å². The highest BCUT2D eigenvalue weighted by atomic mass is 32.1. The Hall–Kier alpha value is -2.51. The summed E-state index contributed by atoms with van der Waals surface area (Å²) in [6.07, 6.45) is 0. The SMILES string of the molecule is CN(C)c1sc(=S)n(-c2ccccc2)c1-c1ccc([N+](=O)[O-])cc1. The van der Waals surface area contributed by atoms with Gasteiger partial charge >= 0.3 is 0 Å². The Morgan fingerprint density at radius 2 is 1.71 bits per heavy atom. The second-order valence-electron chi connectivity index (χ2n) is 5.39. The fraction of sp³-hybridized carbons (Fsp3) is 0.118. The van der Waals surface area contributed by atoms with Crippen molar-refractivity contribution in [2.24, 2.45) is 0 Å². The maximum atomic E-state index is 10.9. The summed E-state index contributed by atoms with van der Waals surface area (Å²) in [6.45, 7) is 0. The van der Waals surface area contributed by atoms with Crippen LogP contribution in [0.1, 0.15) is 0 Å². The predicted molar refractivity (Wildman–Crippen MR) is 101 cm³/mol. The molecule has 5 nitrogen and oxygen atoms in total. The average molecular weight is 357 g/mol. The fourth-order valence-corrected chi connectivity index (χ4v) is 3.85. The van der Waals surface area contributed by atoms with Crippen LogP contribution in [-0.2, 0) is 0 Å². The van der Waals surface area contributed by atoms with Crippen LogP contribution in [0.25, 0.3) is 16.9 Å². The summed E-state index contributed by atoms with van der Waals surface area (Å²) in [5.41, 5.74) is 2.88. The van der Waals surface area contributed by atoms with Gasteiger partial charge in [0.1, 0.15) is 5.00 Å². The van der Waals surface area contributed by atoms with E-state index in [4.69, 9.17) is 12.2 Å². The molecule has 0 aliphatic heterocycles. The molecule has 0 atom stereocenters. The number of rotatable bonds is 4. The van der Waals surface area contributed by atoms with E-state index in [1.165, 1.54) is 23.5 Å². The van der Waals surface area contributed by atoms with E-state index < -0.39 is 4.92 Å². The van der Waals surface area contributed by atoms with Gasteiger partial charge < -0.3 is 4.90 Å². The van der Waals surface area contributed by atoms with E-state index in [0.29, 0.717) is 0 Å². The first kappa shape index (κ1) is 16.4. The van der Waals surface area contributed by atoms with Gasteiger partial charge in [-0.2, -0.15) is 0 Å². The molecule has 2 aromatic carbocycles. The number of nitro benzene ring substituents is 1. The van der Waals surface area contributed by atoms with Crippen LogP contribution in [-0.4, -0.2) is 23.6 Å². The van der Waals surface area contributed by atoms with Gasteiger partial charge in [-0.15, -0.1) is 0 Å². The molecular formula is C17H15N3O2S2. The summed E-state index contributed by atoms with van der Waals surface area (Å²) in [6, 6.07) is 16.4. The zero-order valence-electron chi connectivity index (χ0n) is 13.2. The number of aromatic nitrogens is 1. The number of nitrogens with zero attached hydrogens (tertiary/aromatic N) is 3. The van der Waals surface area contributed by atoms with Crippen LogP contribution in [0.2, 0.25) is 0 Å². The number of anilines is 1. The van der Waals surface area contributed by atoms with E-state index in [1.807, 2.05) is 53.9 Å². The molecule has 3 aromatic rings. The van der Waals surface area contributed by atoms with Crippen molar-refractivity contribution in [1.82, 2.24) is 4.57 Å². The predicted octanol–water partition coefficient (Wildman–Crippen LogP) is 4.91. The van der Waals surface area contributed by atoms with Gasteiger partial charge in [0.2, 0.25) is 0 Å². The first-order valence-electron chi connectivity index (χ1n) is 7.22. The molecule has 122 valence electrons. The Labute approximate surface area is 148 Å². The van der Waals surface area contributed by atoms with Gasteiger partial charge in [-0.3, -0.25) is 14.7 Å². The average Bonchev–Trinajstić information content (AvgIpc) is 2.93. The zero-order valence-corrected chi connectivity index (χ0v) is 14.8. The highest BCUT2D eigenvalue weighted by molar-refractivity contribution is 7.73. The topological polar surface area (TPSA) is 51.3 Å². The van der Waals surface area contributed by atoms with Crippen LogP contribution in [0, 0.1) is 14.1 Å². The van der Waals surface area contributed by atoms with Crippen LogP contribution in [0.4, 0.5) is 10.7 Å². The normalized spacial score (nSPS) is 10.6. The Morgan fingerprint density at radius 1 is 1.08 bits per heavy atom. The molecule has 0 unspecified atom stereocenters. The monoisotopic (exact) mass is 357 g/mol. The molecule has 0 bridgehead atoms. The lowest BCUT2D eigenvalue weighted by atomic mass is 10.1. The zero-order chi connectivity index (χ0) is 17.3. The number of hydrogen-bond acceptors (Lipinski definition) is 5. The molecule has 0 amide bonds. The number of thiazole rings is 1. The van der Waals surface area contributed by atoms with Gasteiger partial charge in [0.15, 0.2) is 3.95 Å². The van der Waals surface area contributed by atoms with Crippen molar-refractivity contribution in [2.45, 2.75) is 0 Å². The van der Waals surface area contributed by atoms with E-state index in [2.05, 4.69) is 0 Å². The summed E-state index contributed by atoms with van der Waals surface area (Å²) >= 11 is 7.09. The van der Waals surface area contributed by atoms with Gasteiger partial charge in [0.05, 0.1) is 10.6 Å². The largest absolute Gasteiger partial charge is 0.368 e. The van der Waals surface area contributed by atoms with Gasteiger partial charge in [-0.25, -0.2) is 0 Å². The molecule has 0 radical (unpaired) electrons. The second-order valence-corrected chi connectivity index (χ2v) is 7.01. The lowest BCUT2D eigenvalue weighted by Crippen LogP contribution is -2.09. The van der Waals surface area contributed by atoms with Crippen LogP contribution in [0.15, 0.2) is 54.6 Å². The third-order valence-corrected chi connectivity index (χ3v) is 5.11. The smallest absolute Gasteiger partial charge is 0.269 e. The highest BCUT2D eigenvalue weighted by Crippen LogP contribution is 2.38. The molecular weight excluding hydrogens is 342 g/mol. The molecule has 0 saturated carbocycles. The molecule has 0 aliphatic carbocycles. The highest BCUT2D eigenvalue weighted by Gasteiger charge is 2.18. The van der Waals surface area contributed by atoms with Crippen molar-refractivity contribution in [1.29, 1.82) is 0 Å². The van der Waals surface area contributed by atoms with E-state index in [0.717, 1.165) is 25.9 Å². The van der Waals surface area contributed by atoms with E-state index >= 15 is 0 Å². The molecule has 1 aromatic heterocycles. The van der Waals surface area contributed by atoms with Crippen molar-refractivity contribution in [2.75, 3.05) is 19.0 Å². The molecule has 0 aliphatic rings. The van der Waals surface area contributed by atoms with E-state index in [9.17, 15) is 10.1 Å². The number of benzene rings is 2. The van der Waals surface area contributed by atoms with Gasteiger partial charge in [-0.1, -0.05) is 29.5 Å². The van der Waals surface area contributed by atoms with Crippen molar-refractivity contribution >= 4 is 34.2 Å². The molecule has 3 rings (SSSR count). The maximum Gasteiger partial charge on any atom is 0.269 e. The molecule has 24 heavy (non-hydrogen) atoms. The molecule has 1 heterocycles. The van der Waals surface area contributed by atoms with Gasteiger partial charge in [-0.05, 0) is 36.5 Å². The standard InChI is InChI=1S/C17H15N3O2S2/c1-18(2)16-15(12-8-10-14(11-9-12)20(21)22)19(17(23)24-16)13-6-4-3-5-7-13/h3-11H,1-2H3. The molecule has 0 fully saturated rings. The van der Waals surface area contributed by atoms with Crippen molar-refractivity contribution in [3.05, 3.63) is 68.7 Å². The van der Waals surface area contributed by atoms with Crippen LogP contribution >= 0.6 is 23.6 Å². The third kappa shape index (κ3) is 2.95. The van der Waals surface area contributed by atoms with Gasteiger partial charge in [0, 0.05) is 37.5 Å². The molecule has 0 spiro atoms. The van der Waals surface area contributed by atoms with Crippen LogP contribution < -0.4 is 4.90 Å². The molecule has 0 saturated heterocycles. The number of non-ortho nitro benzene ring substituents is 1. The number of hydrogen-bond donors (Lipinski definition) is 0. The lowest BCUT2D eigenvalue weighted by Gasteiger charge is -2.15. The lowest BCUT2D eigenvalue weighted by molar-refractivity contribution is -0.384. The molecule has 0 N–H and O–H groups in total. The Bertz CT molecular complexity index is 929. The second kappa shape index (κ2) is 6.54. The third-order valence-electron chi connectivity index (χ3n) is 3.56. The number of para-hydroxylation sites is 1. The fourth-order valence-electron chi connectivity index (χ4n) is 2.47. The summed E-state index contributed by atoms with van der Waals surface area (Å²) in [7, 11) is 3.93. The van der Waals surface area contributed by atoms with Gasteiger partial charge in [0.25, 0.3) is 5.69 Å². The van der Waals surface area contributed by atoms with Crippen molar-refractivity contribution < 1.29 is 4.92 Å². The summed E-state index contributed by atoms with van der Waals surface area (Å²) in [5.74, 6) is 0. The minimum absolute atomic E-state index is 0.0743. The first-order chi connectivity index (χ1) is 11.5.